The molecule has 0 atom stereocenters. The minimum atomic E-state index is -0.524. The lowest BCUT2D eigenvalue weighted by Gasteiger charge is -2.06. The number of hydrogen-bond donors (Lipinski definition) is 0. The molecule has 0 unspecified atom stereocenters. The Bertz CT molecular complexity index is 647. The number of carbonyl (C=O) groups is 1. The molecule has 0 N–H and O–H groups in total. The largest absolute Gasteiger partial charge is 0.294 e. The quantitative estimate of drug-likeness (QED) is 0.367. The first-order chi connectivity index (χ1) is 9.52. The monoisotopic (exact) mass is 330 g/mol. The summed E-state index contributed by atoms with van der Waals surface area (Å²) in [5.41, 5.74) is 0.299. The maximum absolute atomic E-state index is 13.6. The van der Waals surface area contributed by atoms with E-state index >= 15 is 0 Å². The van der Waals surface area contributed by atoms with Gasteiger partial charge in [-0.2, -0.15) is 0 Å². The van der Waals surface area contributed by atoms with Crippen LogP contribution in [-0.2, 0) is 6.42 Å². The lowest BCUT2D eigenvalue weighted by atomic mass is 10.0. The minimum absolute atomic E-state index is 0.0572. The summed E-state index contributed by atoms with van der Waals surface area (Å²) < 4.78 is 13.6. The van der Waals surface area contributed by atoms with Crippen LogP contribution in [0, 0.1) is 5.82 Å². The van der Waals surface area contributed by atoms with Crippen molar-refractivity contribution < 1.29 is 9.18 Å². The van der Waals surface area contributed by atoms with Crippen molar-refractivity contribution >= 4 is 40.7 Å². The first kappa shape index (κ1) is 15.2. The van der Waals surface area contributed by atoms with Crippen LogP contribution >= 0.6 is 35.0 Å². The van der Waals surface area contributed by atoms with Crippen molar-refractivity contribution in [1.82, 2.24) is 9.97 Å². The average molecular weight is 331 g/mol. The second kappa shape index (κ2) is 6.52. The van der Waals surface area contributed by atoms with Crippen LogP contribution in [0.3, 0.4) is 0 Å². The highest BCUT2D eigenvalue weighted by Crippen LogP contribution is 2.23. The highest BCUT2D eigenvalue weighted by molar-refractivity contribution is 7.98. The Labute approximate surface area is 129 Å². The number of nitrogens with zero attached hydrogens (tertiary/aromatic N) is 2. The van der Waals surface area contributed by atoms with Gasteiger partial charge >= 0.3 is 0 Å². The van der Waals surface area contributed by atoms with Gasteiger partial charge in [-0.25, -0.2) is 14.4 Å². The van der Waals surface area contributed by atoms with Crippen molar-refractivity contribution in [3.63, 3.8) is 0 Å². The molecule has 0 spiro atoms. The number of Topliss-reactive ketones (excluding diaryl/α,β-unsaturated/α-hetero) is 1. The van der Waals surface area contributed by atoms with Crippen molar-refractivity contribution in [3.8, 4) is 0 Å². The second-order valence-corrected chi connectivity index (χ2v) is 5.40. The van der Waals surface area contributed by atoms with Gasteiger partial charge in [-0.15, -0.1) is 0 Å². The van der Waals surface area contributed by atoms with Gasteiger partial charge in [0.15, 0.2) is 10.9 Å². The van der Waals surface area contributed by atoms with Crippen LogP contribution in [0.5, 0.6) is 0 Å². The summed E-state index contributed by atoms with van der Waals surface area (Å²) in [7, 11) is 0. The van der Waals surface area contributed by atoms with E-state index in [0.29, 0.717) is 5.16 Å². The summed E-state index contributed by atoms with van der Waals surface area (Å²) in [6.07, 6.45) is 2.96. The smallest absolute Gasteiger partial charge is 0.188 e. The van der Waals surface area contributed by atoms with E-state index in [4.69, 9.17) is 23.2 Å². The summed E-state index contributed by atoms with van der Waals surface area (Å²) in [4.78, 5) is 20.1. The molecule has 0 saturated carbocycles. The minimum Gasteiger partial charge on any atom is -0.294 e. The van der Waals surface area contributed by atoms with E-state index in [2.05, 4.69) is 9.97 Å². The predicted octanol–water partition coefficient (Wildman–Crippen LogP) is 4.07. The van der Waals surface area contributed by atoms with E-state index < -0.39 is 5.82 Å². The number of ketones is 1. The molecular formula is C13H9Cl2FN2OS. The van der Waals surface area contributed by atoms with Crippen LogP contribution in [0.1, 0.15) is 15.9 Å². The van der Waals surface area contributed by atoms with Gasteiger partial charge < -0.3 is 0 Å². The molecule has 7 heteroatoms. The van der Waals surface area contributed by atoms with E-state index in [1.54, 1.807) is 6.26 Å². The maximum atomic E-state index is 13.6. The number of aromatic nitrogens is 2. The summed E-state index contributed by atoms with van der Waals surface area (Å²) >= 11 is 13.1. The zero-order valence-electron chi connectivity index (χ0n) is 10.4. The van der Waals surface area contributed by atoms with Crippen LogP contribution in [0.25, 0.3) is 0 Å². The average Bonchev–Trinajstić information content (AvgIpc) is 2.42. The van der Waals surface area contributed by atoms with E-state index in [-0.39, 0.29) is 33.5 Å². The second-order valence-electron chi connectivity index (χ2n) is 3.86. The van der Waals surface area contributed by atoms with Gasteiger partial charge in [0.05, 0.1) is 5.56 Å². The first-order valence-corrected chi connectivity index (χ1v) is 7.53. The topological polar surface area (TPSA) is 42.9 Å². The molecule has 0 amide bonds. The van der Waals surface area contributed by atoms with Gasteiger partial charge in [0.2, 0.25) is 0 Å². The van der Waals surface area contributed by atoms with Gasteiger partial charge in [0.1, 0.15) is 11.0 Å². The molecule has 104 valence electrons. The van der Waals surface area contributed by atoms with Gasteiger partial charge in [0, 0.05) is 23.2 Å². The van der Waals surface area contributed by atoms with Gasteiger partial charge in [-0.1, -0.05) is 41.0 Å². The van der Waals surface area contributed by atoms with Crippen LogP contribution in [0.4, 0.5) is 4.39 Å². The zero-order valence-corrected chi connectivity index (χ0v) is 12.7. The number of benzene rings is 1. The molecule has 2 aromatic rings. The molecular weight excluding hydrogens is 322 g/mol. The number of thioether (sulfide) groups is 1. The van der Waals surface area contributed by atoms with Crippen LogP contribution < -0.4 is 0 Å². The number of rotatable bonds is 4. The third-order valence-corrected chi connectivity index (χ3v) is 3.81. The molecule has 3 nitrogen and oxygen atoms in total. The molecule has 2 rings (SSSR count). The Morgan fingerprint density at radius 1 is 1.40 bits per heavy atom. The SMILES string of the molecule is CSc1ncc(C(=O)Cc2c(F)cccc2Cl)c(Cl)n1. The third kappa shape index (κ3) is 3.29. The molecule has 0 bridgehead atoms. The fraction of sp³-hybridized carbons (Fsp3) is 0.154. The fourth-order valence-electron chi connectivity index (χ4n) is 1.59. The summed E-state index contributed by atoms with van der Waals surface area (Å²) in [5.74, 6) is -0.904. The van der Waals surface area contributed by atoms with Crippen molar-refractivity contribution in [2.75, 3.05) is 6.26 Å². The highest BCUT2D eigenvalue weighted by atomic mass is 35.5. The van der Waals surface area contributed by atoms with E-state index in [9.17, 15) is 9.18 Å². The summed E-state index contributed by atoms with van der Waals surface area (Å²) in [5, 5.41) is 0.730. The Morgan fingerprint density at radius 2 is 2.15 bits per heavy atom. The van der Waals surface area contributed by atoms with Crippen molar-refractivity contribution in [3.05, 3.63) is 51.5 Å². The molecule has 0 aliphatic rings. The van der Waals surface area contributed by atoms with E-state index in [0.717, 1.165) is 0 Å². The van der Waals surface area contributed by atoms with E-state index in [1.807, 2.05) is 0 Å². The van der Waals surface area contributed by atoms with Gasteiger partial charge in [-0.05, 0) is 18.4 Å². The molecule has 0 saturated heterocycles. The van der Waals surface area contributed by atoms with Crippen LogP contribution in [0.15, 0.2) is 29.6 Å². The third-order valence-electron chi connectivity index (χ3n) is 2.60. The molecule has 20 heavy (non-hydrogen) atoms. The maximum Gasteiger partial charge on any atom is 0.188 e. The summed E-state index contributed by atoms with van der Waals surface area (Å²) in [6.45, 7) is 0. The standard InChI is InChI=1S/C13H9Cl2FN2OS/c1-20-13-17-6-8(12(15)18-13)11(19)5-7-9(14)3-2-4-10(7)16/h2-4,6H,5H2,1H3. The molecule has 0 radical (unpaired) electrons. The Morgan fingerprint density at radius 3 is 2.75 bits per heavy atom. The molecule has 0 aliphatic carbocycles. The van der Waals surface area contributed by atoms with Crippen molar-refractivity contribution in [2.24, 2.45) is 0 Å². The Kier molecular flexibility index (Phi) is 4.96. The lowest BCUT2D eigenvalue weighted by molar-refractivity contribution is 0.0991. The van der Waals surface area contributed by atoms with Crippen LogP contribution in [-0.4, -0.2) is 22.0 Å². The fourth-order valence-corrected chi connectivity index (χ4v) is 2.44. The number of halogens is 3. The summed E-state index contributed by atoms with van der Waals surface area (Å²) in [6, 6.07) is 4.26. The van der Waals surface area contributed by atoms with Crippen molar-refractivity contribution in [1.29, 1.82) is 0 Å². The van der Waals surface area contributed by atoms with Crippen LogP contribution in [0.2, 0.25) is 10.2 Å². The Balaban J connectivity index is 2.29. The first-order valence-electron chi connectivity index (χ1n) is 5.55. The number of carbonyl (C=O) groups excluding carboxylic acids is 1. The molecule has 1 aromatic heterocycles. The zero-order chi connectivity index (χ0) is 14.7. The van der Waals surface area contributed by atoms with E-state index in [1.165, 1.54) is 36.2 Å². The Hall–Kier alpha value is -1.17. The molecule has 0 fully saturated rings. The van der Waals surface area contributed by atoms with Gasteiger partial charge in [-0.3, -0.25) is 4.79 Å². The number of hydrogen-bond acceptors (Lipinski definition) is 4. The van der Waals surface area contributed by atoms with Gasteiger partial charge in [0.25, 0.3) is 0 Å². The molecule has 1 aromatic carbocycles. The highest BCUT2D eigenvalue weighted by Gasteiger charge is 2.17. The predicted molar refractivity (Wildman–Crippen MR) is 78.3 cm³/mol. The molecule has 1 heterocycles. The molecule has 0 aliphatic heterocycles. The van der Waals surface area contributed by atoms with Crippen molar-refractivity contribution in [2.45, 2.75) is 11.6 Å². The normalized spacial score (nSPS) is 10.6. The lowest BCUT2D eigenvalue weighted by Crippen LogP contribution is -2.08.